The number of aromatic carboxylic acids is 1. The summed E-state index contributed by atoms with van der Waals surface area (Å²) in [7, 11) is 0. The number of aromatic nitrogens is 1. The predicted octanol–water partition coefficient (Wildman–Crippen LogP) is 3.30. The first-order chi connectivity index (χ1) is 7.08. The van der Waals surface area contributed by atoms with Gasteiger partial charge in [0.25, 0.3) is 0 Å². The highest BCUT2D eigenvalue weighted by atomic mass is 127. The zero-order chi connectivity index (χ0) is 11.0. The molecule has 0 saturated carbocycles. The molecule has 0 aliphatic heterocycles. The van der Waals surface area contributed by atoms with Gasteiger partial charge in [-0.2, -0.15) is 0 Å². The molecule has 3 nitrogen and oxygen atoms in total. The number of pyridine rings is 1. The Morgan fingerprint density at radius 3 is 2.80 bits per heavy atom. The van der Waals surface area contributed by atoms with Gasteiger partial charge in [-0.25, -0.2) is 9.78 Å². The van der Waals surface area contributed by atoms with Gasteiger partial charge in [-0.05, 0) is 62.1 Å². The van der Waals surface area contributed by atoms with Crippen LogP contribution in [0, 0.1) is 3.57 Å². The molecule has 0 radical (unpaired) electrons. The van der Waals surface area contributed by atoms with E-state index in [4.69, 9.17) is 5.11 Å². The van der Waals surface area contributed by atoms with Crippen molar-refractivity contribution in [2.75, 3.05) is 0 Å². The maximum Gasteiger partial charge on any atom is 0.354 e. The summed E-state index contributed by atoms with van der Waals surface area (Å²) in [5.41, 5.74) is 0.0522. The SMILES string of the molecule is O=C(O)c1cc2cc(I)ccc2c(Br)n1. The number of rotatable bonds is 1. The maximum absolute atomic E-state index is 10.8. The van der Waals surface area contributed by atoms with Crippen molar-refractivity contribution < 1.29 is 9.90 Å². The van der Waals surface area contributed by atoms with E-state index in [1.54, 1.807) is 6.07 Å². The zero-order valence-corrected chi connectivity index (χ0v) is 11.1. The van der Waals surface area contributed by atoms with E-state index in [9.17, 15) is 4.79 Å². The van der Waals surface area contributed by atoms with Crippen molar-refractivity contribution in [3.8, 4) is 0 Å². The smallest absolute Gasteiger partial charge is 0.354 e. The molecule has 1 aromatic carbocycles. The number of carboxylic acid groups (broad SMARTS) is 1. The van der Waals surface area contributed by atoms with E-state index in [2.05, 4.69) is 43.5 Å². The lowest BCUT2D eigenvalue weighted by molar-refractivity contribution is 0.0690. The third kappa shape index (κ3) is 2.12. The number of nitrogens with zero attached hydrogens (tertiary/aromatic N) is 1. The fourth-order valence-corrected chi connectivity index (χ4v) is 2.36. The second-order valence-corrected chi connectivity index (χ2v) is 4.97. The van der Waals surface area contributed by atoms with E-state index in [-0.39, 0.29) is 5.69 Å². The zero-order valence-electron chi connectivity index (χ0n) is 7.37. The second kappa shape index (κ2) is 4.05. The average molecular weight is 378 g/mol. The minimum absolute atomic E-state index is 0.0522. The lowest BCUT2D eigenvalue weighted by Gasteiger charge is -2.02. The van der Waals surface area contributed by atoms with E-state index in [0.717, 1.165) is 14.3 Å². The normalized spacial score (nSPS) is 10.5. The summed E-state index contributed by atoms with van der Waals surface area (Å²) in [6, 6.07) is 7.37. The largest absolute Gasteiger partial charge is 0.477 e. The molecule has 2 rings (SSSR count). The van der Waals surface area contributed by atoms with Crippen LogP contribution in [0.5, 0.6) is 0 Å². The van der Waals surface area contributed by atoms with E-state index in [1.165, 1.54) is 0 Å². The molecule has 15 heavy (non-hydrogen) atoms. The summed E-state index contributed by atoms with van der Waals surface area (Å²) in [5.74, 6) is -1.02. The highest BCUT2D eigenvalue weighted by Crippen LogP contribution is 2.24. The lowest BCUT2D eigenvalue weighted by Crippen LogP contribution is -2.00. The van der Waals surface area contributed by atoms with Crippen LogP contribution in [-0.2, 0) is 0 Å². The molecule has 0 atom stereocenters. The molecule has 0 aliphatic carbocycles. The summed E-state index contributed by atoms with van der Waals surface area (Å²) in [5, 5.41) is 10.6. The van der Waals surface area contributed by atoms with Crippen molar-refractivity contribution in [1.29, 1.82) is 0 Å². The van der Waals surface area contributed by atoms with Crippen LogP contribution in [0.1, 0.15) is 10.5 Å². The van der Waals surface area contributed by atoms with Gasteiger partial charge in [0.1, 0.15) is 10.3 Å². The average Bonchev–Trinajstić information content (AvgIpc) is 2.16. The molecule has 2 aromatic rings. The third-order valence-electron chi connectivity index (χ3n) is 1.97. The Labute approximate surface area is 108 Å². The Hall–Kier alpha value is -0.690. The fraction of sp³-hybridized carbons (Fsp3) is 0. The van der Waals surface area contributed by atoms with Gasteiger partial charge in [0, 0.05) is 8.96 Å². The van der Waals surface area contributed by atoms with Crippen LogP contribution in [0.15, 0.2) is 28.9 Å². The minimum atomic E-state index is -1.02. The van der Waals surface area contributed by atoms with Gasteiger partial charge in [0.05, 0.1) is 0 Å². The van der Waals surface area contributed by atoms with Gasteiger partial charge in [0.2, 0.25) is 0 Å². The molecule has 76 valence electrons. The topological polar surface area (TPSA) is 50.2 Å². The summed E-state index contributed by atoms with van der Waals surface area (Å²) >= 11 is 5.45. The summed E-state index contributed by atoms with van der Waals surface area (Å²) in [4.78, 5) is 14.7. The molecule has 5 heteroatoms. The van der Waals surface area contributed by atoms with Crippen molar-refractivity contribution in [2.24, 2.45) is 0 Å². The Morgan fingerprint density at radius 1 is 1.40 bits per heavy atom. The monoisotopic (exact) mass is 377 g/mol. The number of fused-ring (bicyclic) bond motifs is 1. The number of benzene rings is 1. The molecule has 0 fully saturated rings. The predicted molar refractivity (Wildman–Crippen MR) is 69.1 cm³/mol. The van der Waals surface area contributed by atoms with Gasteiger partial charge < -0.3 is 5.11 Å². The quantitative estimate of drug-likeness (QED) is 0.612. The number of hydrogen-bond acceptors (Lipinski definition) is 2. The van der Waals surface area contributed by atoms with E-state index in [1.807, 2.05) is 18.2 Å². The standard InChI is InChI=1S/C10H5BrINO2/c11-9-7-2-1-6(12)3-5(7)4-8(13-9)10(14)15/h1-4H,(H,14,15). The van der Waals surface area contributed by atoms with Gasteiger partial charge in [-0.15, -0.1) is 0 Å². The van der Waals surface area contributed by atoms with Crippen molar-refractivity contribution in [2.45, 2.75) is 0 Å². The van der Waals surface area contributed by atoms with Crippen molar-refractivity contribution >= 4 is 55.3 Å². The van der Waals surface area contributed by atoms with Gasteiger partial charge in [-0.1, -0.05) is 6.07 Å². The molecule has 1 N–H and O–H groups in total. The molecule has 0 unspecified atom stereocenters. The number of carboxylic acids is 1. The molecule has 1 heterocycles. The number of carbonyl (C=O) groups is 1. The van der Waals surface area contributed by atoms with E-state index in [0.29, 0.717) is 4.60 Å². The Kier molecular flexibility index (Phi) is 2.92. The third-order valence-corrected chi connectivity index (χ3v) is 3.24. The second-order valence-electron chi connectivity index (χ2n) is 2.97. The number of halogens is 2. The van der Waals surface area contributed by atoms with Crippen molar-refractivity contribution in [1.82, 2.24) is 4.98 Å². The first kappa shape index (κ1) is 10.8. The van der Waals surface area contributed by atoms with Gasteiger partial charge >= 0.3 is 5.97 Å². The first-order valence-corrected chi connectivity index (χ1v) is 5.94. The van der Waals surface area contributed by atoms with E-state index < -0.39 is 5.97 Å². The molecule has 1 aromatic heterocycles. The summed E-state index contributed by atoms with van der Waals surface area (Å²) in [6.45, 7) is 0. The van der Waals surface area contributed by atoms with Gasteiger partial charge in [-0.3, -0.25) is 0 Å². The maximum atomic E-state index is 10.8. The lowest BCUT2D eigenvalue weighted by atomic mass is 10.1. The highest BCUT2D eigenvalue weighted by Gasteiger charge is 2.09. The van der Waals surface area contributed by atoms with Crippen LogP contribution in [0.4, 0.5) is 0 Å². The van der Waals surface area contributed by atoms with Crippen LogP contribution in [0.3, 0.4) is 0 Å². The van der Waals surface area contributed by atoms with Crippen molar-refractivity contribution in [3.05, 3.63) is 38.1 Å². The van der Waals surface area contributed by atoms with Crippen LogP contribution >= 0.6 is 38.5 Å². The molecule has 0 bridgehead atoms. The van der Waals surface area contributed by atoms with Gasteiger partial charge in [0.15, 0.2) is 0 Å². The molecule has 0 spiro atoms. The van der Waals surface area contributed by atoms with Crippen LogP contribution in [0.2, 0.25) is 0 Å². The number of hydrogen-bond donors (Lipinski definition) is 1. The van der Waals surface area contributed by atoms with Crippen LogP contribution in [-0.4, -0.2) is 16.1 Å². The first-order valence-electron chi connectivity index (χ1n) is 4.07. The van der Waals surface area contributed by atoms with E-state index >= 15 is 0 Å². The Balaban J connectivity index is 2.79. The molecular formula is C10H5BrINO2. The molecule has 0 amide bonds. The Bertz CT molecular complexity index is 556. The summed E-state index contributed by atoms with van der Waals surface area (Å²) in [6.07, 6.45) is 0. The molecule has 0 aliphatic rings. The highest BCUT2D eigenvalue weighted by molar-refractivity contribution is 14.1. The molecular weight excluding hydrogens is 373 g/mol. The van der Waals surface area contributed by atoms with Crippen molar-refractivity contribution in [3.63, 3.8) is 0 Å². The molecule has 0 saturated heterocycles. The van der Waals surface area contributed by atoms with Crippen LogP contribution < -0.4 is 0 Å². The fourth-order valence-electron chi connectivity index (χ4n) is 1.30. The summed E-state index contributed by atoms with van der Waals surface area (Å²) < 4.78 is 1.63. The minimum Gasteiger partial charge on any atom is -0.477 e. The Morgan fingerprint density at radius 2 is 2.13 bits per heavy atom. The van der Waals surface area contributed by atoms with Crippen LogP contribution in [0.25, 0.3) is 10.8 Å².